The number of hydrogen-bond donors (Lipinski definition) is 2. The Bertz CT molecular complexity index is 850. The number of epoxide rings is 2. The van der Waals surface area contributed by atoms with Gasteiger partial charge in [0.05, 0.1) is 23.7 Å². The minimum atomic E-state index is -1.15. The van der Waals surface area contributed by atoms with Crippen molar-refractivity contribution in [1.82, 2.24) is 0 Å². The van der Waals surface area contributed by atoms with Crippen LogP contribution >= 0.6 is 12.0 Å². The maximum Gasteiger partial charge on any atom is 0.334 e. The van der Waals surface area contributed by atoms with Crippen molar-refractivity contribution in [3.05, 3.63) is 11.1 Å². The van der Waals surface area contributed by atoms with Gasteiger partial charge in [-0.2, -0.15) is 0 Å². The highest BCUT2D eigenvalue weighted by Gasteiger charge is 2.99. The number of aliphatic hydroxyl groups is 2. The normalized spacial score (nSPS) is 54.2. The lowest BCUT2D eigenvalue weighted by Gasteiger charge is -2.58. The van der Waals surface area contributed by atoms with E-state index in [-0.39, 0.29) is 36.1 Å². The van der Waals surface area contributed by atoms with Gasteiger partial charge in [0.1, 0.15) is 24.4 Å². The fraction of sp³-hybridized carbons (Fsp3) is 0.857. The molecule has 3 heterocycles. The second-order valence-electron chi connectivity index (χ2n) is 10.3. The van der Waals surface area contributed by atoms with Gasteiger partial charge in [-0.05, 0) is 62.1 Å². The van der Waals surface area contributed by atoms with Crippen molar-refractivity contribution in [1.29, 1.82) is 0 Å². The molecule has 3 aliphatic heterocycles. The Morgan fingerprint density at radius 3 is 2.76 bits per heavy atom. The summed E-state index contributed by atoms with van der Waals surface area (Å²) in [5.41, 5.74) is -1.92. The quantitative estimate of drug-likeness (QED) is 0.396. The van der Waals surface area contributed by atoms with Crippen LogP contribution in [0.2, 0.25) is 0 Å². The summed E-state index contributed by atoms with van der Waals surface area (Å²) >= 11 is 1.25. The van der Waals surface area contributed by atoms with E-state index in [0.29, 0.717) is 13.0 Å². The molecule has 8 atom stereocenters. The summed E-state index contributed by atoms with van der Waals surface area (Å²) in [6.07, 6.45) is 3.09. The van der Waals surface area contributed by atoms with Gasteiger partial charge in [0.2, 0.25) is 0 Å². The highest BCUT2D eigenvalue weighted by atomic mass is 32.2. The molecule has 6 rings (SSSR count). The standard InChI is InChI=1S/C21H28O7S/c1-17(2,24)21-15(27-21)19(9-22)18(3)6-5-10-11(8-25-14(10)23)12(18)7-13-20(19,26-13)16(21)28-29-4/h12-13,15-16,22,24H,5-9H2,1-4H3. The average molecular weight is 425 g/mol. The molecule has 8 heteroatoms. The Morgan fingerprint density at radius 2 is 2.10 bits per heavy atom. The predicted molar refractivity (Wildman–Crippen MR) is 103 cm³/mol. The van der Waals surface area contributed by atoms with Gasteiger partial charge >= 0.3 is 5.97 Å². The number of aliphatic hydroxyl groups excluding tert-OH is 1. The molecule has 6 aliphatic rings. The molecule has 0 aromatic carbocycles. The molecule has 0 aromatic heterocycles. The maximum absolute atomic E-state index is 12.2. The van der Waals surface area contributed by atoms with Crippen molar-refractivity contribution in [3.63, 3.8) is 0 Å². The fourth-order valence-electron chi connectivity index (χ4n) is 7.91. The van der Waals surface area contributed by atoms with Crippen LogP contribution in [0.3, 0.4) is 0 Å². The third kappa shape index (κ3) is 1.71. The van der Waals surface area contributed by atoms with Crippen LogP contribution < -0.4 is 0 Å². The Balaban J connectivity index is 1.55. The molecule has 4 fully saturated rings. The molecule has 3 aliphatic carbocycles. The molecule has 2 saturated carbocycles. The predicted octanol–water partition coefficient (Wildman–Crippen LogP) is 1.36. The molecule has 1 spiro atoms. The number of fused-ring (bicyclic) bond motifs is 5. The summed E-state index contributed by atoms with van der Waals surface area (Å²) in [6, 6.07) is 0. The van der Waals surface area contributed by atoms with Crippen molar-refractivity contribution in [2.45, 2.75) is 75.1 Å². The molecule has 0 bridgehead atoms. The monoisotopic (exact) mass is 424 g/mol. The molecule has 0 aromatic rings. The van der Waals surface area contributed by atoms with Crippen LogP contribution in [0.5, 0.6) is 0 Å². The number of rotatable bonds is 4. The minimum Gasteiger partial charge on any atom is -0.458 e. The first-order valence-corrected chi connectivity index (χ1v) is 11.6. The fourth-order valence-corrected chi connectivity index (χ4v) is 8.38. The summed E-state index contributed by atoms with van der Waals surface area (Å²) in [7, 11) is 0. The van der Waals surface area contributed by atoms with Gasteiger partial charge in [0.15, 0.2) is 5.60 Å². The minimum absolute atomic E-state index is 0.0854. The number of carbonyl (C=O) groups excluding carboxylic acids is 1. The van der Waals surface area contributed by atoms with Gasteiger partial charge < -0.3 is 28.6 Å². The van der Waals surface area contributed by atoms with E-state index in [9.17, 15) is 15.0 Å². The van der Waals surface area contributed by atoms with Crippen LogP contribution in [0.4, 0.5) is 0 Å². The topological polar surface area (TPSA) is 101 Å². The van der Waals surface area contributed by atoms with E-state index in [4.69, 9.17) is 18.4 Å². The van der Waals surface area contributed by atoms with E-state index in [0.717, 1.165) is 24.0 Å². The zero-order valence-corrected chi connectivity index (χ0v) is 18.0. The summed E-state index contributed by atoms with van der Waals surface area (Å²) in [6.45, 7) is 5.95. The number of carbonyl (C=O) groups is 1. The van der Waals surface area contributed by atoms with Gasteiger partial charge in [-0.25, -0.2) is 4.79 Å². The molecule has 2 N–H and O–H groups in total. The zero-order chi connectivity index (χ0) is 20.6. The van der Waals surface area contributed by atoms with Crippen molar-refractivity contribution in [2.24, 2.45) is 16.7 Å². The van der Waals surface area contributed by atoms with E-state index >= 15 is 0 Å². The largest absolute Gasteiger partial charge is 0.458 e. The highest BCUT2D eigenvalue weighted by Crippen LogP contribution is 2.84. The van der Waals surface area contributed by atoms with Gasteiger partial charge in [0.25, 0.3) is 0 Å². The van der Waals surface area contributed by atoms with E-state index in [1.165, 1.54) is 12.0 Å². The number of ether oxygens (including phenoxy) is 3. The van der Waals surface area contributed by atoms with Gasteiger partial charge in [-0.1, -0.05) is 6.92 Å². The van der Waals surface area contributed by atoms with E-state index in [1.807, 2.05) is 6.26 Å². The lowest BCUT2D eigenvalue weighted by atomic mass is 9.44. The van der Waals surface area contributed by atoms with E-state index < -0.39 is 28.3 Å². The molecule has 8 unspecified atom stereocenters. The lowest BCUT2D eigenvalue weighted by Crippen LogP contribution is -2.65. The highest BCUT2D eigenvalue weighted by molar-refractivity contribution is 7.93. The Kier molecular flexibility index (Phi) is 3.43. The van der Waals surface area contributed by atoms with Crippen molar-refractivity contribution < 1.29 is 33.4 Å². The van der Waals surface area contributed by atoms with E-state index in [1.54, 1.807) is 13.8 Å². The lowest BCUT2D eigenvalue weighted by molar-refractivity contribution is -0.161. The van der Waals surface area contributed by atoms with Crippen LogP contribution in [0, 0.1) is 16.7 Å². The summed E-state index contributed by atoms with van der Waals surface area (Å²) in [5, 5.41) is 22.1. The number of cyclic esters (lactones) is 1. The number of esters is 1. The van der Waals surface area contributed by atoms with Crippen molar-refractivity contribution in [3.8, 4) is 0 Å². The third-order valence-electron chi connectivity index (χ3n) is 9.27. The molecule has 160 valence electrons. The smallest absolute Gasteiger partial charge is 0.334 e. The van der Waals surface area contributed by atoms with Gasteiger partial charge in [0, 0.05) is 11.8 Å². The Labute approximate surface area is 174 Å². The molecule has 7 nitrogen and oxygen atoms in total. The first kappa shape index (κ1) is 19.1. The molecule has 0 radical (unpaired) electrons. The Hall–Kier alpha value is -0.640. The first-order chi connectivity index (χ1) is 13.7. The van der Waals surface area contributed by atoms with Crippen LogP contribution in [0.25, 0.3) is 0 Å². The molecule has 29 heavy (non-hydrogen) atoms. The summed E-state index contributed by atoms with van der Waals surface area (Å²) < 4.78 is 24.3. The summed E-state index contributed by atoms with van der Waals surface area (Å²) in [4.78, 5) is 12.2. The van der Waals surface area contributed by atoms with Crippen LogP contribution in [-0.2, 0) is 23.2 Å². The molecule has 0 amide bonds. The SMILES string of the molecule is CSOC1C2(C(C)(C)O)OC2C2(CO)C3(C)CCC4=C(COC4=O)C3CC3OC312. The van der Waals surface area contributed by atoms with Crippen LogP contribution in [-0.4, -0.2) is 70.8 Å². The second kappa shape index (κ2) is 5.22. The van der Waals surface area contributed by atoms with Gasteiger partial charge in [-0.3, -0.25) is 0 Å². The van der Waals surface area contributed by atoms with Gasteiger partial charge in [-0.15, -0.1) is 0 Å². The molecular weight excluding hydrogens is 396 g/mol. The molecule has 2 saturated heterocycles. The summed E-state index contributed by atoms with van der Waals surface area (Å²) in [5.74, 6) is -0.112. The van der Waals surface area contributed by atoms with E-state index in [2.05, 4.69) is 6.92 Å². The zero-order valence-electron chi connectivity index (χ0n) is 17.2. The van der Waals surface area contributed by atoms with Crippen molar-refractivity contribution >= 4 is 18.0 Å². The number of hydrogen-bond acceptors (Lipinski definition) is 8. The Morgan fingerprint density at radius 1 is 1.34 bits per heavy atom. The third-order valence-corrected chi connectivity index (χ3v) is 9.66. The average Bonchev–Trinajstić information content (AvgIpc) is 3.52. The second-order valence-corrected chi connectivity index (χ2v) is 10.8. The van der Waals surface area contributed by atoms with Crippen LogP contribution in [0.1, 0.15) is 40.0 Å². The maximum atomic E-state index is 12.2. The molecular formula is C21H28O7S. The van der Waals surface area contributed by atoms with Crippen LogP contribution in [0.15, 0.2) is 11.1 Å². The first-order valence-electron chi connectivity index (χ1n) is 10.4. The van der Waals surface area contributed by atoms with Crippen molar-refractivity contribution in [2.75, 3.05) is 19.5 Å².